The molecule has 1 saturated heterocycles. The molecule has 1 aliphatic rings. The first-order valence-electron chi connectivity index (χ1n) is 4.39. The van der Waals surface area contributed by atoms with Gasteiger partial charge in [0.05, 0.1) is 19.3 Å². The summed E-state index contributed by atoms with van der Waals surface area (Å²) in [5.41, 5.74) is 0.427. The molecule has 1 fully saturated rings. The molecular weight excluding hydrogens is 140 g/mol. The summed E-state index contributed by atoms with van der Waals surface area (Å²) < 4.78 is 10.5. The Morgan fingerprint density at radius 2 is 2.09 bits per heavy atom. The van der Waals surface area contributed by atoms with E-state index < -0.39 is 0 Å². The van der Waals surface area contributed by atoms with Crippen LogP contribution in [0.2, 0.25) is 0 Å². The highest BCUT2D eigenvalue weighted by Gasteiger charge is 2.45. The van der Waals surface area contributed by atoms with Crippen molar-refractivity contribution in [2.45, 2.75) is 32.8 Å². The van der Waals surface area contributed by atoms with Crippen molar-refractivity contribution in [2.75, 3.05) is 20.3 Å². The van der Waals surface area contributed by atoms with E-state index in [9.17, 15) is 0 Å². The molecular formula is C9H18O2. The second-order valence-electron chi connectivity index (χ2n) is 3.32. The molecule has 0 amide bonds. The highest BCUT2D eigenvalue weighted by molar-refractivity contribution is 4.92. The Kier molecular flexibility index (Phi) is 2.90. The third-order valence-electron chi connectivity index (χ3n) is 2.98. The van der Waals surface area contributed by atoms with Crippen molar-refractivity contribution in [3.8, 4) is 0 Å². The van der Waals surface area contributed by atoms with Gasteiger partial charge in [0.15, 0.2) is 0 Å². The molecule has 0 spiro atoms. The molecule has 2 nitrogen and oxygen atoms in total. The summed E-state index contributed by atoms with van der Waals surface area (Å²) in [5, 5.41) is 0. The fourth-order valence-electron chi connectivity index (χ4n) is 1.72. The van der Waals surface area contributed by atoms with E-state index in [4.69, 9.17) is 9.47 Å². The summed E-state index contributed by atoms with van der Waals surface area (Å²) in [4.78, 5) is 0. The first kappa shape index (κ1) is 9.01. The maximum atomic E-state index is 5.44. The molecule has 66 valence electrons. The Morgan fingerprint density at radius 1 is 1.45 bits per heavy atom. The molecule has 0 bridgehead atoms. The molecule has 1 aliphatic heterocycles. The predicted molar refractivity (Wildman–Crippen MR) is 44.6 cm³/mol. The van der Waals surface area contributed by atoms with Crippen LogP contribution in [0.1, 0.15) is 26.7 Å². The first-order chi connectivity index (χ1) is 5.29. The van der Waals surface area contributed by atoms with Crippen LogP contribution < -0.4 is 0 Å². The Balaban J connectivity index is 2.43. The maximum absolute atomic E-state index is 5.44. The van der Waals surface area contributed by atoms with E-state index >= 15 is 0 Å². The van der Waals surface area contributed by atoms with Crippen LogP contribution >= 0.6 is 0 Å². The zero-order valence-corrected chi connectivity index (χ0v) is 7.72. The number of methoxy groups -OCH3 is 1. The number of hydrogen-bond acceptors (Lipinski definition) is 2. The lowest BCUT2D eigenvalue weighted by Crippen LogP contribution is -2.53. The van der Waals surface area contributed by atoms with Crippen LogP contribution in [0.4, 0.5) is 0 Å². The second-order valence-corrected chi connectivity index (χ2v) is 3.32. The third-order valence-corrected chi connectivity index (χ3v) is 2.98. The smallest absolute Gasteiger partial charge is 0.0886 e. The van der Waals surface area contributed by atoms with Gasteiger partial charge in [-0.15, -0.1) is 0 Å². The summed E-state index contributed by atoms with van der Waals surface area (Å²) in [6.45, 7) is 6.14. The van der Waals surface area contributed by atoms with E-state index in [1.807, 2.05) is 0 Å². The summed E-state index contributed by atoms with van der Waals surface area (Å²) in [6, 6.07) is 0. The lowest BCUT2D eigenvalue weighted by atomic mass is 9.74. The third kappa shape index (κ3) is 1.42. The molecule has 0 N–H and O–H groups in total. The van der Waals surface area contributed by atoms with Crippen LogP contribution in [-0.2, 0) is 9.47 Å². The minimum Gasteiger partial charge on any atom is -0.382 e. The first-order valence-corrected chi connectivity index (χ1v) is 4.39. The molecule has 1 unspecified atom stereocenters. The van der Waals surface area contributed by atoms with E-state index in [2.05, 4.69) is 13.8 Å². The Bertz CT molecular complexity index is 113. The minimum atomic E-state index is 0.350. The molecule has 0 aromatic heterocycles. The van der Waals surface area contributed by atoms with Crippen molar-refractivity contribution in [2.24, 2.45) is 5.41 Å². The van der Waals surface area contributed by atoms with E-state index in [0.717, 1.165) is 13.2 Å². The number of hydrogen-bond donors (Lipinski definition) is 0. The van der Waals surface area contributed by atoms with Gasteiger partial charge in [-0.1, -0.05) is 13.8 Å². The average Bonchev–Trinajstić information content (AvgIpc) is 2.01. The van der Waals surface area contributed by atoms with Crippen LogP contribution in [0.25, 0.3) is 0 Å². The molecule has 0 aliphatic carbocycles. The number of ether oxygens (including phenoxy) is 2. The molecule has 2 heteroatoms. The van der Waals surface area contributed by atoms with Gasteiger partial charge in [-0.25, -0.2) is 0 Å². The molecule has 0 radical (unpaired) electrons. The maximum Gasteiger partial charge on any atom is 0.0886 e. The van der Waals surface area contributed by atoms with Crippen molar-refractivity contribution < 1.29 is 9.47 Å². The Hall–Kier alpha value is -0.0800. The average molecular weight is 158 g/mol. The Labute approximate surface area is 68.9 Å². The molecule has 0 aromatic carbocycles. The molecule has 1 rings (SSSR count). The standard InChI is InChI=1S/C9H18O2/c1-4-9(5-2)7-11-8(9)6-10-3/h8H,4-7H2,1-3H3. The van der Waals surface area contributed by atoms with E-state index in [1.165, 1.54) is 12.8 Å². The summed E-state index contributed by atoms with van der Waals surface area (Å²) in [5.74, 6) is 0. The van der Waals surface area contributed by atoms with Crippen LogP contribution in [0.3, 0.4) is 0 Å². The van der Waals surface area contributed by atoms with Crippen molar-refractivity contribution >= 4 is 0 Å². The minimum absolute atomic E-state index is 0.350. The van der Waals surface area contributed by atoms with Gasteiger partial charge in [0.25, 0.3) is 0 Å². The SMILES string of the molecule is CCC1(CC)COC1COC. The van der Waals surface area contributed by atoms with Gasteiger partial charge in [-0.05, 0) is 12.8 Å². The fourth-order valence-corrected chi connectivity index (χ4v) is 1.72. The monoisotopic (exact) mass is 158 g/mol. The van der Waals surface area contributed by atoms with Crippen molar-refractivity contribution in [1.82, 2.24) is 0 Å². The quantitative estimate of drug-likeness (QED) is 0.621. The highest BCUT2D eigenvalue weighted by Crippen LogP contribution is 2.41. The van der Waals surface area contributed by atoms with Gasteiger partial charge >= 0.3 is 0 Å². The largest absolute Gasteiger partial charge is 0.382 e. The van der Waals surface area contributed by atoms with Crippen molar-refractivity contribution in [1.29, 1.82) is 0 Å². The number of rotatable bonds is 4. The van der Waals surface area contributed by atoms with Crippen molar-refractivity contribution in [3.63, 3.8) is 0 Å². The van der Waals surface area contributed by atoms with Crippen LogP contribution in [0.15, 0.2) is 0 Å². The van der Waals surface area contributed by atoms with Crippen LogP contribution in [0, 0.1) is 5.41 Å². The van der Waals surface area contributed by atoms with Gasteiger partial charge in [0.1, 0.15) is 0 Å². The predicted octanol–water partition coefficient (Wildman–Crippen LogP) is 1.84. The molecule has 1 atom stereocenters. The van der Waals surface area contributed by atoms with Crippen molar-refractivity contribution in [3.05, 3.63) is 0 Å². The van der Waals surface area contributed by atoms with Gasteiger partial charge in [-0.3, -0.25) is 0 Å². The van der Waals surface area contributed by atoms with Gasteiger partial charge < -0.3 is 9.47 Å². The molecule has 11 heavy (non-hydrogen) atoms. The second kappa shape index (κ2) is 3.55. The lowest BCUT2D eigenvalue weighted by Gasteiger charge is -2.48. The fraction of sp³-hybridized carbons (Fsp3) is 1.00. The molecule has 0 saturated carbocycles. The lowest BCUT2D eigenvalue weighted by molar-refractivity contribution is -0.208. The summed E-state index contributed by atoms with van der Waals surface area (Å²) in [7, 11) is 1.73. The topological polar surface area (TPSA) is 18.5 Å². The van der Waals surface area contributed by atoms with Crippen LogP contribution in [-0.4, -0.2) is 26.4 Å². The van der Waals surface area contributed by atoms with Gasteiger partial charge in [0.2, 0.25) is 0 Å². The zero-order valence-electron chi connectivity index (χ0n) is 7.72. The van der Waals surface area contributed by atoms with E-state index in [0.29, 0.717) is 11.5 Å². The van der Waals surface area contributed by atoms with E-state index in [-0.39, 0.29) is 0 Å². The zero-order chi connectivity index (χ0) is 8.32. The van der Waals surface area contributed by atoms with Gasteiger partial charge in [0, 0.05) is 12.5 Å². The Morgan fingerprint density at radius 3 is 2.36 bits per heavy atom. The summed E-state index contributed by atoms with van der Waals surface area (Å²) in [6.07, 6.45) is 2.76. The normalized spacial score (nSPS) is 28.1. The molecule has 0 aromatic rings. The summed E-state index contributed by atoms with van der Waals surface area (Å²) >= 11 is 0. The van der Waals surface area contributed by atoms with Gasteiger partial charge in [-0.2, -0.15) is 0 Å². The van der Waals surface area contributed by atoms with E-state index in [1.54, 1.807) is 7.11 Å². The highest BCUT2D eigenvalue weighted by atomic mass is 16.5. The van der Waals surface area contributed by atoms with Crippen LogP contribution in [0.5, 0.6) is 0 Å². The molecule has 1 heterocycles.